The third-order valence-corrected chi connectivity index (χ3v) is 2.44. The van der Waals surface area contributed by atoms with Crippen LogP contribution in [0.5, 0.6) is 0 Å². The number of aliphatic imine (C=N–C) groups is 1. The number of carbonyl (C=O) groups is 1. The van der Waals surface area contributed by atoms with Gasteiger partial charge in [0.05, 0.1) is 0 Å². The van der Waals surface area contributed by atoms with Crippen molar-refractivity contribution in [1.29, 1.82) is 0 Å². The normalized spacial score (nSPS) is 9.31. The fourth-order valence-corrected chi connectivity index (χ4v) is 1.56. The van der Waals surface area contributed by atoms with E-state index in [-0.39, 0.29) is 0 Å². The third kappa shape index (κ3) is 9.31. The van der Waals surface area contributed by atoms with Crippen molar-refractivity contribution in [3.8, 4) is 0 Å². The molecule has 4 heteroatoms. The molecule has 0 aromatic heterocycles. The van der Waals surface area contributed by atoms with Gasteiger partial charge in [0.2, 0.25) is 6.08 Å². The van der Waals surface area contributed by atoms with Crippen molar-refractivity contribution in [2.24, 2.45) is 4.99 Å². The molecule has 0 radical (unpaired) electrons. The Morgan fingerprint density at radius 3 is 2.62 bits per heavy atom. The highest BCUT2D eigenvalue weighted by molar-refractivity contribution is 8.13. The van der Waals surface area contributed by atoms with Gasteiger partial charge in [-0.05, 0) is 6.42 Å². The zero-order chi connectivity index (χ0) is 9.94. The van der Waals surface area contributed by atoms with E-state index >= 15 is 0 Å². The lowest BCUT2D eigenvalue weighted by atomic mass is 10.2. The van der Waals surface area contributed by atoms with E-state index < -0.39 is 5.24 Å². The highest BCUT2D eigenvalue weighted by Gasteiger charge is 1.98. The number of nitrogens with zero attached hydrogens (tertiary/aromatic N) is 1. The number of unbranched alkanes of at least 4 members (excludes halogenated alkanes) is 4. The van der Waals surface area contributed by atoms with Crippen molar-refractivity contribution >= 4 is 23.1 Å². The average molecular weight is 201 g/mol. The molecule has 3 nitrogen and oxygen atoms in total. The number of isocyanates is 1. The summed E-state index contributed by atoms with van der Waals surface area (Å²) in [5.74, 6) is 0.758. The van der Waals surface area contributed by atoms with E-state index in [1.807, 2.05) is 0 Å². The van der Waals surface area contributed by atoms with Crippen LogP contribution in [0.3, 0.4) is 0 Å². The Kier molecular flexibility index (Phi) is 9.05. The average Bonchev–Trinajstić information content (AvgIpc) is 2.11. The summed E-state index contributed by atoms with van der Waals surface area (Å²) < 4.78 is 0. The van der Waals surface area contributed by atoms with Gasteiger partial charge in [-0.3, -0.25) is 4.79 Å². The molecule has 0 spiro atoms. The Morgan fingerprint density at radius 2 is 2.00 bits per heavy atom. The molecule has 0 saturated carbocycles. The van der Waals surface area contributed by atoms with E-state index in [9.17, 15) is 9.59 Å². The lowest BCUT2D eigenvalue weighted by molar-refractivity contribution is 0.267. The minimum absolute atomic E-state index is 0.425. The van der Waals surface area contributed by atoms with Gasteiger partial charge in [-0.2, -0.15) is 0 Å². The second-order valence-corrected chi connectivity index (χ2v) is 3.78. The standard InChI is InChI=1S/C9H15NO2S/c1-2-3-4-5-6-7-13-9(12)10-8-11/h2-7H2,1H3. The summed E-state index contributed by atoms with van der Waals surface area (Å²) in [6, 6.07) is 0. The summed E-state index contributed by atoms with van der Waals surface area (Å²) in [4.78, 5) is 23.3. The smallest absolute Gasteiger partial charge is 0.259 e. The molecule has 0 saturated heterocycles. The molecule has 0 aromatic carbocycles. The fraction of sp³-hybridized carbons (Fsp3) is 0.778. The second-order valence-electron chi connectivity index (χ2n) is 2.73. The fourth-order valence-electron chi connectivity index (χ4n) is 0.935. The maximum atomic E-state index is 10.7. The molecule has 74 valence electrons. The lowest BCUT2D eigenvalue weighted by Crippen LogP contribution is -1.86. The molecular weight excluding hydrogens is 186 g/mol. The number of amides is 1. The van der Waals surface area contributed by atoms with Crippen LogP contribution in [0, 0.1) is 0 Å². The van der Waals surface area contributed by atoms with Crippen LogP contribution in [-0.2, 0) is 4.79 Å². The summed E-state index contributed by atoms with van der Waals surface area (Å²) in [6.07, 6.45) is 7.11. The lowest BCUT2D eigenvalue weighted by Gasteiger charge is -1.96. The molecule has 0 aliphatic carbocycles. The van der Waals surface area contributed by atoms with Crippen LogP contribution in [0.1, 0.15) is 39.0 Å². The SMILES string of the molecule is CCCCCCCSC(=O)N=C=O. The van der Waals surface area contributed by atoms with Gasteiger partial charge in [0.1, 0.15) is 0 Å². The molecule has 0 atom stereocenters. The predicted molar refractivity (Wildman–Crippen MR) is 54.7 cm³/mol. The molecule has 0 N–H and O–H groups in total. The molecule has 0 heterocycles. The zero-order valence-corrected chi connectivity index (χ0v) is 8.73. The van der Waals surface area contributed by atoms with E-state index in [1.54, 1.807) is 0 Å². The van der Waals surface area contributed by atoms with E-state index in [1.165, 1.54) is 25.3 Å². The van der Waals surface area contributed by atoms with Crippen LogP contribution in [0.2, 0.25) is 0 Å². The van der Waals surface area contributed by atoms with Gasteiger partial charge in [0.25, 0.3) is 0 Å². The van der Waals surface area contributed by atoms with Crippen molar-refractivity contribution in [2.75, 3.05) is 5.75 Å². The first-order valence-electron chi connectivity index (χ1n) is 4.56. The van der Waals surface area contributed by atoms with E-state index in [4.69, 9.17) is 0 Å². The van der Waals surface area contributed by atoms with Gasteiger partial charge in [0.15, 0.2) is 0 Å². The summed E-state index contributed by atoms with van der Waals surface area (Å²) in [5, 5.41) is -0.425. The minimum Gasteiger partial charge on any atom is -0.259 e. The largest absolute Gasteiger partial charge is 0.315 e. The summed E-state index contributed by atoms with van der Waals surface area (Å²) in [5.41, 5.74) is 0. The Balaban J connectivity index is 3.16. The molecule has 0 aromatic rings. The van der Waals surface area contributed by atoms with Gasteiger partial charge < -0.3 is 0 Å². The topological polar surface area (TPSA) is 46.5 Å². The van der Waals surface area contributed by atoms with Gasteiger partial charge in [-0.25, -0.2) is 4.79 Å². The second kappa shape index (κ2) is 9.49. The molecule has 0 bridgehead atoms. The molecule has 0 aliphatic rings. The maximum absolute atomic E-state index is 10.7. The summed E-state index contributed by atoms with van der Waals surface area (Å²) >= 11 is 1.09. The molecule has 0 unspecified atom stereocenters. The van der Waals surface area contributed by atoms with E-state index in [0.717, 1.165) is 30.4 Å². The van der Waals surface area contributed by atoms with Gasteiger partial charge in [-0.1, -0.05) is 44.4 Å². The highest BCUT2D eigenvalue weighted by Crippen LogP contribution is 2.10. The first-order valence-corrected chi connectivity index (χ1v) is 5.54. The zero-order valence-electron chi connectivity index (χ0n) is 7.91. The molecular formula is C9H15NO2S. The van der Waals surface area contributed by atoms with Crippen molar-refractivity contribution < 1.29 is 9.59 Å². The number of rotatable bonds is 6. The predicted octanol–water partition coefficient (Wildman–Crippen LogP) is 3.15. The van der Waals surface area contributed by atoms with Crippen molar-refractivity contribution in [3.05, 3.63) is 0 Å². The van der Waals surface area contributed by atoms with Crippen LogP contribution < -0.4 is 0 Å². The number of thioether (sulfide) groups is 1. The Hall–Kier alpha value is -0.600. The van der Waals surface area contributed by atoms with Crippen LogP contribution >= 0.6 is 11.8 Å². The molecule has 13 heavy (non-hydrogen) atoms. The van der Waals surface area contributed by atoms with Gasteiger partial charge in [0, 0.05) is 5.75 Å². The van der Waals surface area contributed by atoms with Gasteiger partial charge in [-0.15, -0.1) is 4.99 Å². The quantitative estimate of drug-likeness (QED) is 0.377. The van der Waals surface area contributed by atoms with Crippen molar-refractivity contribution in [1.82, 2.24) is 0 Å². The van der Waals surface area contributed by atoms with Crippen LogP contribution in [-0.4, -0.2) is 17.1 Å². The Labute approximate surface area is 83.0 Å². The Morgan fingerprint density at radius 1 is 1.31 bits per heavy atom. The van der Waals surface area contributed by atoms with Crippen molar-refractivity contribution in [2.45, 2.75) is 39.0 Å². The molecule has 0 aliphatic heterocycles. The van der Waals surface area contributed by atoms with Crippen LogP contribution in [0.15, 0.2) is 4.99 Å². The summed E-state index contributed by atoms with van der Waals surface area (Å²) in [7, 11) is 0. The van der Waals surface area contributed by atoms with Crippen LogP contribution in [0.25, 0.3) is 0 Å². The first-order chi connectivity index (χ1) is 6.31. The highest BCUT2D eigenvalue weighted by atomic mass is 32.2. The van der Waals surface area contributed by atoms with Gasteiger partial charge >= 0.3 is 5.24 Å². The molecule has 0 fully saturated rings. The molecule has 0 rings (SSSR count). The summed E-state index contributed by atoms with van der Waals surface area (Å²) in [6.45, 7) is 2.16. The minimum atomic E-state index is -0.425. The van der Waals surface area contributed by atoms with Crippen LogP contribution in [0.4, 0.5) is 4.79 Å². The van der Waals surface area contributed by atoms with E-state index in [2.05, 4.69) is 11.9 Å². The third-order valence-electron chi connectivity index (χ3n) is 1.61. The number of carbonyl (C=O) groups excluding carboxylic acids is 2. The number of hydrogen-bond donors (Lipinski definition) is 0. The number of hydrogen-bond acceptors (Lipinski definition) is 3. The Bertz CT molecular complexity index is 188. The first kappa shape index (κ1) is 12.4. The maximum Gasteiger partial charge on any atom is 0.315 e. The molecule has 1 amide bonds. The monoisotopic (exact) mass is 201 g/mol. The van der Waals surface area contributed by atoms with Crippen molar-refractivity contribution in [3.63, 3.8) is 0 Å². The van der Waals surface area contributed by atoms with E-state index in [0.29, 0.717) is 0 Å².